The van der Waals surface area contributed by atoms with E-state index in [0.717, 1.165) is 0 Å². The number of quaternary nitrogens is 1. The highest BCUT2D eigenvalue weighted by Crippen LogP contribution is 2.09. The molecule has 64 valence electrons. The molecule has 1 aliphatic rings. The van der Waals surface area contributed by atoms with E-state index in [1.165, 1.54) is 31.9 Å². The normalized spacial score (nSPS) is 17.8. The lowest BCUT2D eigenvalue weighted by Crippen LogP contribution is -2.89. The van der Waals surface area contributed by atoms with Crippen LogP contribution in [0.1, 0.15) is 0 Å². The summed E-state index contributed by atoms with van der Waals surface area (Å²) in [5.74, 6) is 0. The smallest absolute Gasteiger partial charge is 0.169 e. The SMILES string of the molecule is c1cc(N2CC[NH2+]CC2)cc[nH+]1. The fourth-order valence-electron chi connectivity index (χ4n) is 1.60. The minimum Gasteiger partial charge on any atom is -0.360 e. The highest BCUT2D eigenvalue weighted by atomic mass is 15.2. The van der Waals surface area contributed by atoms with Gasteiger partial charge in [0.15, 0.2) is 12.4 Å². The maximum Gasteiger partial charge on any atom is 0.169 e. The van der Waals surface area contributed by atoms with Crippen molar-refractivity contribution >= 4 is 5.69 Å². The molecule has 2 heterocycles. The molecule has 1 aliphatic heterocycles. The Morgan fingerprint density at radius 1 is 1.17 bits per heavy atom. The molecule has 3 heteroatoms. The molecular formula is C9H15N3+2. The average Bonchev–Trinajstić information content (AvgIpc) is 2.21. The van der Waals surface area contributed by atoms with Crippen LogP contribution in [-0.2, 0) is 0 Å². The lowest BCUT2D eigenvalue weighted by Gasteiger charge is -2.26. The summed E-state index contributed by atoms with van der Waals surface area (Å²) in [6.45, 7) is 4.78. The molecule has 1 aromatic heterocycles. The van der Waals surface area contributed by atoms with Crippen LogP contribution in [0.2, 0.25) is 0 Å². The topological polar surface area (TPSA) is 34.0 Å². The summed E-state index contributed by atoms with van der Waals surface area (Å²) in [5, 5.41) is 2.37. The minimum absolute atomic E-state index is 1.17. The van der Waals surface area contributed by atoms with E-state index >= 15 is 0 Å². The van der Waals surface area contributed by atoms with Gasteiger partial charge in [-0.1, -0.05) is 0 Å². The van der Waals surface area contributed by atoms with E-state index < -0.39 is 0 Å². The molecule has 3 nitrogen and oxygen atoms in total. The number of H-pyrrole nitrogens is 1. The number of nitrogens with two attached hydrogens (primary N) is 1. The van der Waals surface area contributed by atoms with E-state index in [4.69, 9.17) is 0 Å². The quantitative estimate of drug-likeness (QED) is 0.562. The predicted octanol–water partition coefficient (Wildman–Crippen LogP) is -1.12. The minimum atomic E-state index is 1.17. The third kappa shape index (κ3) is 1.56. The molecule has 0 bridgehead atoms. The Morgan fingerprint density at radius 2 is 1.83 bits per heavy atom. The molecule has 2 rings (SSSR count). The van der Waals surface area contributed by atoms with Gasteiger partial charge in [0, 0.05) is 17.8 Å². The van der Waals surface area contributed by atoms with Crippen molar-refractivity contribution < 1.29 is 10.3 Å². The molecule has 3 N–H and O–H groups in total. The van der Waals surface area contributed by atoms with Crippen LogP contribution in [0.5, 0.6) is 0 Å². The first-order valence-electron chi connectivity index (χ1n) is 4.49. The number of piperazine rings is 1. The second-order valence-electron chi connectivity index (χ2n) is 3.11. The first kappa shape index (κ1) is 7.55. The zero-order valence-corrected chi connectivity index (χ0v) is 7.16. The molecule has 0 saturated carbocycles. The van der Waals surface area contributed by atoms with Gasteiger partial charge in [-0.05, 0) is 0 Å². The Hall–Kier alpha value is -1.09. The Balaban J connectivity index is 2.08. The van der Waals surface area contributed by atoms with Gasteiger partial charge in [-0.3, -0.25) is 0 Å². The van der Waals surface area contributed by atoms with Gasteiger partial charge in [0.05, 0.1) is 26.2 Å². The van der Waals surface area contributed by atoms with Gasteiger partial charge in [0.25, 0.3) is 0 Å². The van der Waals surface area contributed by atoms with Crippen LogP contribution < -0.4 is 15.2 Å². The zero-order valence-electron chi connectivity index (χ0n) is 7.16. The van der Waals surface area contributed by atoms with Gasteiger partial charge in [-0.2, -0.15) is 0 Å². The fourth-order valence-corrected chi connectivity index (χ4v) is 1.60. The Bertz CT molecular complexity index is 229. The summed E-state index contributed by atoms with van der Waals surface area (Å²) < 4.78 is 0. The largest absolute Gasteiger partial charge is 0.360 e. The van der Waals surface area contributed by atoms with Gasteiger partial charge in [-0.25, -0.2) is 4.98 Å². The number of nitrogens with zero attached hydrogens (tertiary/aromatic N) is 1. The molecule has 0 radical (unpaired) electrons. The molecule has 0 aliphatic carbocycles. The van der Waals surface area contributed by atoms with E-state index in [2.05, 4.69) is 27.3 Å². The van der Waals surface area contributed by atoms with Crippen molar-refractivity contribution in [2.24, 2.45) is 0 Å². The van der Waals surface area contributed by atoms with Crippen LogP contribution in [-0.4, -0.2) is 26.2 Å². The van der Waals surface area contributed by atoms with Crippen LogP contribution in [0.25, 0.3) is 0 Å². The van der Waals surface area contributed by atoms with Crippen molar-refractivity contribution in [1.82, 2.24) is 0 Å². The number of rotatable bonds is 1. The first-order valence-corrected chi connectivity index (χ1v) is 4.49. The van der Waals surface area contributed by atoms with E-state index in [1.54, 1.807) is 0 Å². The van der Waals surface area contributed by atoms with Gasteiger partial charge >= 0.3 is 0 Å². The summed E-state index contributed by atoms with van der Waals surface area (Å²) in [6.07, 6.45) is 3.96. The molecule has 1 fully saturated rings. The molecule has 0 unspecified atom stereocenters. The third-order valence-electron chi connectivity index (χ3n) is 2.27. The molecule has 0 amide bonds. The molecule has 0 atom stereocenters. The summed E-state index contributed by atoms with van der Waals surface area (Å²) in [7, 11) is 0. The molecule has 0 aromatic carbocycles. The standard InChI is InChI=1S/C9H13N3/c1-3-10-4-2-9(1)12-7-5-11-6-8-12/h1-4,11H,5-8H2/p+2. The maximum atomic E-state index is 3.04. The van der Waals surface area contributed by atoms with Gasteiger partial charge in [0.2, 0.25) is 0 Å². The number of anilines is 1. The van der Waals surface area contributed by atoms with E-state index in [9.17, 15) is 0 Å². The summed E-state index contributed by atoms with van der Waals surface area (Å²) >= 11 is 0. The highest BCUT2D eigenvalue weighted by molar-refractivity contribution is 5.43. The number of pyridine rings is 1. The van der Waals surface area contributed by atoms with E-state index in [0.29, 0.717) is 0 Å². The number of nitrogens with one attached hydrogen (secondary N) is 1. The van der Waals surface area contributed by atoms with Crippen molar-refractivity contribution in [2.75, 3.05) is 31.1 Å². The Kier molecular flexibility index (Phi) is 2.23. The summed E-state index contributed by atoms with van der Waals surface area (Å²) in [6, 6.07) is 4.26. The van der Waals surface area contributed by atoms with Crippen LogP contribution in [0.4, 0.5) is 5.69 Å². The highest BCUT2D eigenvalue weighted by Gasteiger charge is 2.12. The fraction of sp³-hybridized carbons (Fsp3) is 0.444. The van der Waals surface area contributed by atoms with Gasteiger partial charge in [0.1, 0.15) is 0 Å². The number of aromatic nitrogens is 1. The van der Waals surface area contributed by atoms with E-state index in [1.807, 2.05) is 12.4 Å². The second kappa shape index (κ2) is 3.54. The second-order valence-corrected chi connectivity index (χ2v) is 3.11. The maximum absolute atomic E-state index is 3.04. The Labute approximate surface area is 72.4 Å². The van der Waals surface area contributed by atoms with Crippen LogP contribution >= 0.6 is 0 Å². The van der Waals surface area contributed by atoms with Crippen LogP contribution in [0, 0.1) is 0 Å². The molecule has 0 spiro atoms. The van der Waals surface area contributed by atoms with Crippen LogP contribution in [0.3, 0.4) is 0 Å². The molecule has 12 heavy (non-hydrogen) atoms. The average molecular weight is 165 g/mol. The predicted molar refractivity (Wildman–Crippen MR) is 46.9 cm³/mol. The number of hydrogen-bond acceptors (Lipinski definition) is 1. The number of hydrogen-bond donors (Lipinski definition) is 1. The molecule has 1 aromatic rings. The van der Waals surface area contributed by atoms with Crippen LogP contribution in [0.15, 0.2) is 24.5 Å². The third-order valence-corrected chi connectivity index (χ3v) is 2.27. The molecule has 1 saturated heterocycles. The van der Waals surface area contributed by atoms with Crippen molar-refractivity contribution in [3.8, 4) is 0 Å². The Morgan fingerprint density at radius 3 is 2.50 bits per heavy atom. The first-order chi connectivity index (χ1) is 5.97. The zero-order chi connectivity index (χ0) is 8.23. The van der Waals surface area contributed by atoms with Crippen molar-refractivity contribution in [3.63, 3.8) is 0 Å². The monoisotopic (exact) mass is 165 g/mol. The van der Waals surface area contributed by atoms with Crippen molar-refractivity contribution in [1.29, 1.82) is 0 Å². The van der Waals surface area contributed by atoms with Gasteiger partial charge < -0.3 is 10.2 Å². The lowest BCUT2D eigenvalue weighted by atomic mass is 10.3. The van der Waals surface area contributed by atoms with Gasteiger partial charge in [-0.15, -0.1) is 0 Å². The summed E-state index contributed by atoms with van der Waals surface area (Å²) in [5.41, 5.74) is 1.34. The van der Waals surface area contributed by atoms with E-state index in [-0.39, 0.29) is 0 Å². The molecular weight excluding hydrogens is 150 g/mol. The number of aromatic amines is 1. The van der Waals surface area contributed by atoms with Crippen molar-refractivity contribution in [2.45, 2.75) is 0 Å². The van der Waals surface area contributed by atoms with Crippen molar-refractivity contribution in [3.05, 3.63) is 24.5 Å². The summed E-state index contributed by atoms with van der Waals surface area (Å²) in [4.78, 5) is 5.46. The lowest BCUT2D eigenvalue weighted by molar-refractivity contribution is -0.655.